The van der Waals surface area contributed by atoms with Crippen LogP contribution in [0.4, 0.5) is 23.7 Å². The molecular weight excluding hydrogens is 567 g/mol. The molecule has 0 radical (unpaired) electrons. The van der Waals surface area contributed by atoms with Gasteiger partial charge < -0.3 is 25.4 Å². The minimum absolute atomic E-state index is 0.266. The molecule has 1 aromatic heterocycles. The molecule has 1 saturated heterocycles. The van der Waals surface area contributed by atoms with Gasteiger partial charge >= 0.3 is 12.2 Å². The van der Waals surface area contributed by atoms with E-state index in [9.17, 15) is 22.8 Å². The third-order valence-electron chi connectivity index (χ3n) is 8.35. The zero-order valence-electron chi connectivity index (χ0n) is 25.1. The van der Waals surface area contributed by atoms with Crippen molar-refractivity contribution in [1.29, 1.82) is 0 Å². The number of hydrogen-bond acceptors (Lipinski definition) is 3. The molecule has 3 amide bonds. The Bertz CT molecular complexity index is 1610. The van der Waals surface area contributed by atoms with Crippen molar-refractivity contribution < 1.29 is 22.8 Å². The number of H-pyrrole nitrogens is 1. The van der Waals surface area contributed by atoms with Crippen LogP contribution in [0.1, 0.15) is 53.9 Å². The highest BCUT2D eigenvalue weighted by atomic mass is 19.4. The number of aromatic nitrogens is 1. The van der Waals surface area contributed by atoms with E-state index in [2.05, 4.69) is 15.6 Å². The molecule has 44 heavy (non-hydrogen) atoms. The number of rotatable bonds is 8. The third-order valence-corrected chi connectivity index (χ3v) is 8.35. The van der Waals surface area contributed by atoms with Crippen molar-refractivity contribution in [3.8, 4) is 0 Å². The lowest BCUT2D eigenvalue weighted by atomic mass is 9.86. The van der Waals surface area contributed by atoms with E-state index < -0.39 is 29.7 Å². The van der Waals surface area contributed by atoms with Crippen LogP contribution in [0, 0.1) is 0 Å². The second kappa shape index (κ2) is 13.1. The van der Waals surface area contributed by atoms with E-state index in [0.29, 0.717) is 25.1 Å². The van der Waals surface area contributed by atoms with Crippen LogP contribution in [0.2, 0.25) is 0 Å². The van der Waals surface area contributed by atoms with Crippen molar-refractivity contribution in [1.82, 2.24) is 20.1 Å². The van der Waals surface area contributed by atoms with Gasteiger partial charge in [-0.3, -0.25) is 4.79 Å². The maximum atomic E-state index is 13.8. The highest BCUT2D eigenvalue weighted by molar-refractivity contribution is 5.98. The minimum atomic E-state index is -4.43. The van der Waals surface area contributed by atoms with E-state index >= 15 is 0 Å². The zero-order valence-corrected chi connectivity index (χ0v) is 25.1. The first kappa shape index (κ1) is 31.1. The average molecular weight is 606 g/mol. The molecule has 4 aromatic rings. The van der Waals surface area contributed by atoms with E-state index in [-0.39, 0.29) is 30.5 Å². The number of halogens is 3. The molecule has 0 spiro atoms. The first-order chi connectivity index (χ1) is 21.0. The lowest BCUT2D eigenvalue weighted by Crippen LogP contribution is -2.53. The lowest BCUT2D eigenvalue weighted by molar-refractivity contribution is -0.138. The smallest absolute Gasteiger partial charge is 0.361 e. The topological polar surface area (TPSA) is 80.5 Å². The van der Waals surface area contributed by atoms with Gasteiger partial charge in [-0.05, 0) is 73.8 Å². The number of amides is 3. The molecule has 3 aromatic carbocycles. The van der Waals surface area contributed by atoms with Crippen molar-refractivity contribution in [3.05, 3.63) is 101 Å². The maximum absolute atomic E-state index is 13.8. The number of nitrogens with one attached hydrogen (secondary N) is 3. The van der Waals surface area contributed by atoms with Crippen LogP contribution in [0.25, 0.3) is 10.9 Å². The largest absolute Gasteiger partial charge is 0.416 e. The molecule has 3 N–H and O–H groups in total. The van der Waals surface area contributed by atoms with Crippen LogP contribution in [0.3, 0.4) is 0 Å². The molecule has 2 atom stereocenters. The summed E-state index contributed by atoms with van der Waals surface area (Å²) < 4.78 is 40.9. The number of alkyl halides is 3. The molecule has 2 heterocycles. The van der Waals surface area contributed by atoms with Crippen molar-refractivity contribution >= 4 is 28.5 Å². The Labute approximate surface area is 255 Å². The van der Waals surface area contributed by atoms with E-state index in [1.54, 1.807) is 11.0 Å². The van der Waals surface area contributed by atoms with E-state index in [4.69, 9.17) is 0 Å². The lowest BCUT2D eigenvalue weighted by Gasteiger charge is -2.35. The summed E-state index contributed by atoms with van der Waals surface area (Å²) in [6.07, 6.45) is -1.78. The number of likely N-dealkylation sites (tertiary alicyclic amines) is 1. The van der Waals surface area contributed by atoms with Crippen molar-refractivity contribution in [2.24, 2.45) is 0 Å². The predicted molar refractivity (Wildman–Crippen MR) is 166 cm³/mol. The number of nitrogens with zero attached hydrogens (tertiary/aromatic N) is 2. The van der Waals surface area contributed by atoms with E-state index in [1.807, 2.05) is 80.6 Å². The first-order valence-corrected chi connectivity index (χ1v) is 14.8. The number of aromatic amines is 1. The predicted octanol–water partition coefficient (Wildman–Crippen LogP) is 6.95. The zero-order chi connectivity index (χ0) is 31.4. The van der Waals surface area contributed by atoms with E-state index in [0.717, 1.165) is 28.1 Å². The molecule has 1 fully saturated rings. The molecule has 5 rings (SSSR count). The number of anilines is 1. The summed E-state index contributed by atoms with van der Waals surface area (Å²) in [5, 5.41) is 6.93. The molecule has 7 nitrogen and oxygen atoms in total. The summed E-state index contributed by atoms with van der Waals surface area (Å²) in [4.78, 5) is 34.3. The fourth-order valence-electron chi connectivity index (χ4n) is 6.13. The molecular formula is C34H38F3N5O2. The van der Waals surface area contributed by atoms with Crippen LogP contribution in [0.5, 0.6) is 0 Å². The number of urea groups is 1. The number of para-hydroxylation sites is 1. The van der Waals surface area contributed by atoms with Gasteiger partial charge in [0.25, 0.3) is 0 Å². The summed E-state index contributed by atoms with van der Waals surface area (Å²) in [5.74, 6) is -1.06. The summed E-state index contributed by atoms with van der Waals surface area (Å²) in [6.45, 7) is 3.18. The van der Waals surface area contributed by atoms with Gasteiger partial charge in [-0.15, -0.1) is 0 Å². The fraction of sp³-hybridized carbons (Fsp3) is 0.353. The van der Waals surface area contributed by atoms with Gasteiger partial charge in [0.05, 0.1) is 5.56 Å². The van der Waals surface area contributed by atoms with Crippen LogP contribution in [-0.4, -0.2) is 59.9 Å². The minimum Gasteiger partial charge on any atom is -0.361 e. The van der Waals surface area contributed by atoms with Crippen LogP contribution < -0.4 is 10.6 Å². The quantitative estimate of drug-likeness (QED) is 0.203. The number of carbonyl (C=O) groups excluding carboxylic acids is 2. The van der Waals surface area contributed by atoms with Gasteiger partial charge in [-0.25, -0.2) is 4.79 Å². The number of fused-ring (bicyclic) bond motifs is 1. The van der Waals surface area contributed by atoms with Gasteiger partial charge in [-0.1, -0.05) is 55.5 Å². The Morgan fingerprint density at radius 1 is 1.00 bits per heavy atom. The molecule has 1 aliphatic rings. The highest BCUT2D eigenvalue weighted by Gasteiger charge is 2.37. The van der Waals surface area contributed by atoms with Gasteiger partial charge in [0, 0.05) is 48.3 Å². The SMILES string of the molecule is C[C@H](c1c[nH]c2ccccc12)[C@@H](NC(=O)N1CCC(c2ccccc2C(F)(F)F)CC1)C(=O)Nc1cccc(CN(C)C)c1. The fourth-order valence-corrected chi connectivity index (χ4v) is 6.13. The maximum Gasteiger partial charge on any atom is 0.416 e. The molecule has 0 saturated carbocycles. The van der Waals surface area contributed by atoms with Crippen LogP contribution in [-0.2, 0) is 17.5 Å². The summed E-state index contributed by atoms with van der Waals surface area (Å²) in [7, 11) is 3.94. The van der Waals surface area contributed by atoms with E-state index in [1.165, 1.54) is 12.1 Å². The highest BCUT2D eigenvalue weighted by Crippen LogP contribution is 2.38. The monoisotopic (exact) mass is 605 g/mol. The molecule has 0 bridgehead atoms. The van der Waals surface area contributed by atoms with Crippen LogP contribution in [0.15, 0.2) is 79.0 Å². The number of benzene rings is 3. The summed E-state index contributed by atoms with van der Waals surface area (Å²) >= 11 is 0. The van der Waals surface area contributed by atoms with Gasteiger partial charge in [0.15, 0.2) is 0 Å². The summed E-state index contributed by atoms with van der Waals surface area (Å²) in [5.41, 5.74) is 3.13. The Morgan fingerprint density at radius 2 is 1.70 bits per heavy atom. The average Bonchev–Trinajstić information content (AvgIpc) is 3.43. The first-order valence-electron chi connectivity index (χ1n) is 14.8. The van der Waals surface area contributed by atoms with Crippen molar-refractivity contribution in [2.45, 2.75) is 50.4 Å². The molecule has 0 unspecified atom stereocenters. The molecule has 1 aliphatic heterocycles. The van der Waals surface area contributed by atoms with Crippen molar-refractivity contribution in [3.63, 3.8) is 0 Å². The Hall–Kier alpha value is -4.31. The number of carbonyl (C=O) groups is 2. The molecule has 232 valence electrons. The second-order valence-corrected chi connectivity index (χ2v) is 11.8. The number of piperidine rings is 1. The standard InChI is InChI=1S/C34H38F3N5O2/c1-22(28-20-38-30-14-7-5-12-27(28)30)31(32(43)39-25-10-8-9-23(19-25)21-41(2)3)40-33(44)42-17-15-24(16-18-42)26-11-4-6-13-29(26)34(35,36)37/h4-14,19-20,22,24,31,38H,15-18,21H2,1-3H3,(H,39,43)(H,40,44)/t22-,31-/m1/s1. The molecule has 10 heteroatoms. The second-order valence-electron chi connectivity index (χ2n) is 11.8. The summed E-state index contributed by atoms with van der Waals surface area (Å²) in [6, 6.07) is 19.7. The Balaban J connectivity index is 1.34. The number of hydrogen-bond donors (Lipinski definition) is 3. The Morgan fingerprint density at radius 3 is 2.43 bits per heavy atom. The van der Waals surface area contributed by atoms with Gasteiger partial charge in [-0.2, -0.15) is 13.2 Å². The van der Waals surface area contributed by atoms with Crippen LogP contribution >= 0.6 is 0 Å². The van der Waals surface area contributed by atoms with Gasteiger partial charge in [0.1, 0.15) is 6.04 Å². The molecule has 0 aliphatic carbocycles. The Kier molecular flexibility index (Phi) is 9.29. The van der Waals surface area contributed by atoms with Gasteiger partial charge in [0.2, 0.25) is 5.91 Å². The van der Waals surface area contributed by atoms with Crippen molar-refractivity contribution in [2.75, 3.05) is 32.5 Å². The third kappa shape index (κ3) is 7.07. The normalized spacial score (nSPS) is 15.8.